The van der Waals surface area contributed by atoms with E-state index in [-0.39, 0.29) is 0 Å². The number of aryl methyl sites for hydroxylation is 1. The highest BCUT2D eigenvalue weighted by Crippen LogP contribution is 2.15. The summed E-state index contributed by atoms with van der Waals surface area (Å²) in [5.74, 6) is 0.907. The number of anilines is 1. The molecule has 4 heteroatoms. The van der Waals surface area contributed by atoms with Crippen molar-refractivity contribution in [3.05, 3.63) is 29.8 Å². The molecular formula is C18H29N3S. The van der Waals surface area contributed by atoms with Crippen LogP contribution in [0.25, 0.3) is 0 Å². The van der Waals surface area contributed by atoms with E-state index in [1.807, 2.05) is 0 Å². The fraction of sp³-hybridized carbons (Fsp3) is 0.611. The van der Waals surface area contributed by atoms with Crippen LogP contribution >= 0.6 is 12.2 Å². The molecule has 1 fully saturated rings. The molecule has 0 amide bonds. The number of piperidine rings is 1. The highest BCUT2D eigenvalue weighted by molar-refractivity contribution is 7.80. The lowest BCUT2D eigenvalue weighted by atomic mass is 9.99. The molecule has 1 heterocycles. The Balaban J connectivity index is 1.61. The van der Waals surface area contributed by atoms with Crippen molar-refractivity contribution in [1.82, 2.24) is 10.2 Å². The summed E-state index contributed by atoms with van der Waals surface area (Å²) in [6, 6.07) is 8.42. The summed E-state index contributed by atoms with van der Waals surface area (Å²) in [5, 5.41) is 7.30. The van der Waals surface area contributed by atoms with Gasteiger partial charge in [-0.2, -0.15) is 0 Å². The lowest BCUT2D eigenvalue weighted by molar-refractivity contribution is 0.191. The zero-order chi connectivity index (χ0) is 15.8. The van der Waals surface area contributed by atoms with Gasteiger partial charge >= 0.3 is 0 Å². The summed E-state index contributed by atoms with van der Waals surface area (Å²) >= 11 is 5.36. The monoisotopic (exact) mass is 319 g/mol. The number of hydrogen-bond acceptors (Lipinski definition) is 2. The van der Waals surface area contributed by atoms with Gasteiger partial charge in [0.15, 0.2) is 5.11 Å². The fourth-order valence-electron chi connectivity index (χ4n) is 2.83. The third-order valence-corrected chi connectivity index (χ3v) is 4.65. The molecule has 1 saturated heterocycles. The Bertz CT molecular complexity index is 467. The minimum absolute atomic E-state index is 0.723. The van der Waals surface area contributed by atoms with Crippen LogP contribution in [0.15, 0.2) is 24.3 Å². The minimum Gasteiger partial charge on any atom is -0.362 e. The van der Waals surface area contributed by atoms with Crippen LogP contribution in [0.4, 0.5) is 5.69 Å². The van der Waals surface area contributed by atoms with Gasteiger partial charge < -0.3 is 15.5 Å². The molecule has 1 aromatic rings. The molecule has 0 atom stereocenters. The molecule has 1 aliphatic heterocycles. The van der Waals surface area contributed by atoms with Crippen LogP contribution in [0.3, 0.4) is 0 Å². The van der Waals surface area contributed by atoms with Crippen molar-refractivity contribution in [3.8, 4) is 0 Å². The smallest absolute Gasteiger partial charge is 0.170 e. The summed E-state index contributed by atoms with van der Waals surface area (Å²) in [6.07, 6.45) is 4.89. The van der Waals surface area contributed by atoms with Gasteiger partial charge in [0.25, 0.3) is 0 Å². The second-order valence-electron chi connectivity index (χ2n) is 6.31. The molecule has 0 aromatic heterocycles. The van der Waals surface area contributed by atoms with Gasteiger partial charge in [0.2, 0.25) is 0 Å². The fourth-order valence-corrected chi connectivity index (χ4v) is 3.05. The largest absolute Gasteiger partial charge is 0.362 e. The number of thiocarbonyl (C=S) groups is 1. The normalized spacial score (nSPS) is 16.5. The first-order valence-electron chi connectivity index (χ1n) is 8.53. The molecule has 1 aliphatic rings. The molecule has 2 rings (SSSR count). The van der Waals surface area contributed by atoms with Gasteiger partial charge in [-0.25, -0.2) is 0 Å². The van der Waals surface area contributed by atoms with Crippen molar-refractivity contribution in [2.75, 3.05) is 31.5 Å². The average Bonchev–Trinajstić information content (AvgIpc) is 2.53. The molecular weight excluding hydrogens is 290 g/mol. The summed E-state index contributed by atoms with van der Waals surface area (Å²) in [6.45, 7) is 9.15. The van der Waals surface area contributed by atoms with Gasteiger partial charge in [0.05, 0.1) is 0 Å². The van der Waals surface area contributed by atoms with E-state index in [2.05, 4.69) is 53.6 Å². The van der Waals surface area contributed by atoms with Crippen molar-refractivity contribution in [1.29, 1.82) is 0 Å². The molecule has 0 saturated carbocycles. The Hall–Kier alpha value is -1.13. The second kappa shape index (κ2) is 9.11. The zero-order valence-corrected chi connectivity index (χ0v) is 14.7. The van der Waals surface area contributed by atoms with E-state index >= 15 is 0 Å². The van der Waals surface area contributed by atoms with Gasteiger partial charge in [0, 0.05) is 12.2 Å². The molecule has 0 bridgehead atoms. The molecule has 0 unspecified atom stereocenters. The van der Waals surface area contributed by atoms with Crippen LogP contribution in [0.2, 0.25) is 0 Å². The first kappa shape index (κ1) is 17.2. The van der Waals surface area contributed by atoms with E-state index in [4.69, 9.17) is 12.2 Å². The number of nitrogens with one attached hydrogen (secondary N) is 2. The van der Waals surface area contributed by atoms with Crippen molar-refractivity contribution in [3.63, 3.8) is 0 Å². The summed E-state index contributed by atoms with van der Waals surface area (Å²) < 4.78 is 0. The maximum atomic E-state index is 5.36. The van der Waals surface area contributed by atoms with E-state index in [1.165, 1.54) is 38.0 Å². The molecule has 0 aliphatic carbocycles. The van der Waals surface area contributed by atoms with Gasteiger partial charge in [-0.1, -0.05) is 26.0 Å². The second-order valence-corrected chi connectivity index (χ2v) is 6.72. The quantitative estimate of drug-likeness (QED) is 0.618. The predicted molar refractivity (Wildman–Crippen MR) is 99.5 cm³/mol. The maximum Gasteiger partial charge on any atom is 0.170 e. The number of nitrogens with zero attached hydrogens (tertiary/aromatic N) is 1. The summed E-state index contributed by atoms with van der Waals surface area (Å²) in [5.41, 5.74) is 2.40. The SMILES string of the molecule is CCc1cccc(NC(=S)NCCCN2CCC(C)CC2)c1. The van der Waals surface area contributed by atoms with E-state index in [1.54, 1.807) is 0 Å². The highest BCUT2D eigenvalue weighted by atomic mass is 32.1. The number of rotatable bonds is 6. The summed E-state index contributed by atoms with van der Waals surface area (Å²) in [4.78, 5) is 2.57. The zero-order valence-electron chi connectivity index (χ0n) is 13.9. The van der Waals surface area contributed by atoms with Crippen LogP contribution < -0.4 is 10.6 Å². The number of hydrogen-bond donors (Lipinski definition) is 2. The molecule has 0 radical (unpaired) electrons. The van der Waals surface area contributed by atoms with Crippen LogP contribution in [0, 0.1) is 5.92 Å². The van der Waals surface area contributed by atoms with Gasteiger partial charge in [-0.3, -0.25) is 0 Å². The van der Waals surface area contributed by atoms with Crippen LogP contribution in [-0.2, 0) is 6.42 Å². The van der Waals surface area contributed by atoms with Gasteiger partial charge in [-0.15, -0.1) is 0 Å². The van der Waals surface area contributed by atoms with E-state index in [9.17, 15) is 0 Å². The van der Waals surface area contributed by atoms with E-state index in [0.29, 0.717) is 0 Å². The van der Waals surface area contributed by atoms with Crippen molar-refractivity contribution in [2.24, 2.45) is 5.92 Å². The molecule has 22 heavy (non-hydrogen) atoms. The van der Waals surface area contributed by atoms with Crippen molar-refractivity contribution < 1.29 is 0 Å². The minimum atomic E-state index is 0.723. The first-order chi connectivity index (χ1) is 10.7. The topological polar surface area (TPSA) is 27.3 Å². The molecule has 3 nitrogen and oxygen atoms in total. The Kier molecular flexibility index (Phi) is 7.13. The van der Waals surface area contributed by atoms with Crippen LogP contribution in [0.5, 0.6) is 0 Å². The molecule has 0 spiro atoms. The lowest BCUT2D eigenvalue weighted by Crippen LogP contribution is -2.36. The van der Waals surface area contributed by atoms with Crippen LogP contribution in [-0.4, -0.2) is 36.2 Å². The Morgan fingerprint density at radius 3 is 2.82 bits per heavy atom. The van der Waals surface area contributed by atoms with Gasteiger partial charge in [-0.05, 0) is 81.1 Å². The van der Waals surface area contributed by atoms with Gasteiger partial charge in [0.1, 0.15) is 0 Å². The van der Waals surface area contributed by atoms with E-state index < -0.39 is 0 Å². The molecule has 122 valence electrons. The number of likely N-dealkylation sites (tertiary alicyclic amines) is 1. The standard InChI is InChI=1S/C18H29N3S/c1-3-16-6-4-7-17(14-16)20-18(22)19-10-5-11-21-12-8-15(2)9-13-21/h4,6-7,14-15H,3,5,8-13H2,1-2H3,(H2,19,20,22). The van der Waals surface area contributed by atoms with Crippen molar-refractivity contribution >= 4 is 23.0 Å². The highest BCUT2D eigenvalue weighted by Gasteiger charge is 2.14. The third kappa shape index (κ3) is 5.93. The van der Waals surface area contributed by atoms with Crippen molar-refractivity contribution in [2.45, 2.75) is 39.5 Å². The third-order valence-electron chi connectivity index (χ3n) is 4.41. The molecule has 2 N–H and O–H groups in total. The summed E-state index contributed by atoms with van der Waals surface area (Å²) in [7, 11) is 0. The Morgan fingerprint density at radius 1 is 1.32 bits per heavy atom. The number of benzene rings is 1. The maximum absolute atomic E-state index is 5.36. The predicted octanol–water partition coefficient (Wildman–Crippen LogP) is 3.66. The Morgan fingerprint density at radius 2 is 2.09 bits per heavy atom. The Labute approximate surface area is 140 Å². The lowest BCUT2D eigenvalue weighted by Gasteiger charge is -2.30. The average molecular weight is 320 g/mol. The van der Waals surface area contributed by atoms with E-state index in [0.717, 1.165) is 36.1 Å². The van der Waals surface area contributed by atoms with Crippen LogP contribution in [0.1, 0.15) is 38.7 Å². The molecule has 1 aromatic carbocycles. The first-order valence-corrected chi connectivity index (χ1v) is 8.94.